The van der Waals surface area contributed by atoms with Gasteiger partial charge in [0.05, 0.1) is 0 Å². The smallest absolute Gasteiger partial charge is 0.119 e. The number of hydrogen-bond acceptors (Lipinski definition) is 5. The van der Waals surface area contributed by atoms with Gasteiger partial charge in [0.15, 0.2) is 0 Å². The van der Waals surface area contributed by atoms with E-state index in [9.17, 15) is 10.2 Å². The van der Waals surface area contributed by atoms with Gasteiger partial charge < -0.3 is 10.2 Å². The Hall–Kier alpha value is 0.336. The second kappa shape index (κ2) is 13.0. The molecule has 20 heavy (non-hydrogen) atoms. The van der Waals surface area contributed by atoms with Crippen LogP contribution in [0.5, 0.6) is 11.5 Å². The fraction of sp³-hybridized carbons (Fsp3) is 0.571. The molecule has 0 aliphatic rings. The van der Waals surface area contributed by atoms with Crippen molar-refractivity contribution in [2.45, 2.75) is 40.5 Å². The van der Waals surface area contributed by atoms with Gasteiger partial charge in [0.2, 0.25) is 0 Å². The molecule has 0 saturated carbocycles. The van der Waals surface area contributed by atoms with Crippen molar-refractivity contribution in [3.63, 3.8) is 0 Å². The summed E-state index contributed by atoms with van der Waals surface area (Å²) in [6.07, 6.45) is 1.51. The van der Waals surface area contributed by atoms with E-state index in [-0.39, 0.29) is 62.9 Å². The summed E-state index contributed by atoms with van der Waals surface area (Å²) in [5.74, 6) is 0.569. The predicted molar refractivity (Wildman–Crippen MR) is 80.9 cm³/mol. The van der Waals surface area contributed by atoms with Gasteiger partial charge in [0, 0.05) is 75.6 Å². The van der Waals surface area contributed by atoms with E-state index in [1.807, 2.05) is 27.7 Å². The molecule has 0 aliphatic carbocycles. The Morgan fingerprint density at radius 3 is 1.40 bits per heavy atom. The van der Waals surface area contributed by atoms with Gasteiger partial charge in [0.1, 0.15) is 11.5 Å². The molecule has 0 saturated heterocycles. The maximum atomic E-state index is 9.44. The van der Waals surface area contributed by atoms with Crippen LogP contribution in [0, 0.1) is 0 Å². The quantitative estimate of drug-likeness (QED) is 0.337. The maximum Gasteiger partial charge on any atom is 0.119 e. The summed E-state index contributed by atoms with van der Waals surface area (Å²) in [6, 6.07) is 3.07. The van der Waals surface area contributed by atoms with Crippen molar-refractivity contribution >= 4 is 51.4 Å². The predicted octanol–water partition coefficient (Wildman–Crippen LogP) is 2.57. The average Bonchev–Trinajstić information content (AvgIpc) is 2.43. The second-order valence-electron chi connectivity index (χ2n) is 3.96. The Bertz CT molecular complexity index is 336. The normalized spacial score (nSPS) is 9.70. The van der Waals surface area contributed by atoms with Gasteiger partial charge in [-0.25, -0.2) is 5.26 Å². The molecule has 1 radical (unpaired) electrons. The first-order chi connectivity index (χ1) is 9.05. The van der Waals surface area contributed by atoms with Crippen LogP contribution in [-0.4, -0.2) is 85.0 Å². The molecule has 0 spiro atoms. The van der Waals surface area contributed by atoms with E-state index in [0.29, 0.717) is 13.1 Å². The molecule has 111 valence electrons. The summed E-state index contributed by atoms with van der Waals surface area (Å²) < 4.78 is 0. The van der Waals surface area contributed by atoms with Crippen molar-refractivity contribution in [2.75, 3.05) is 13.1 Å². The molecule has 0 amide bonds. The van der Waals surface area contributed by atoms with Crippen LogP contribution in [0.4, 0.5) is 0 Å². The van der Waals surface area contributed by atoms with Crippen LogP contribution in [0.3, 0.4) is 0 Å². The molecular weight excluding hydrogens is 285 g/mol. The molecule has 5 nitrogen and oxygen atoms in total. The Morgan fingerprint density at radius 1 is 0.900 bits per heavy atom. The molecular formula is C14H25KNO4. The molecule has 6 heteroatoms. The number of hydrogen-bond donors (Lipinski definition) is 3. The third kappa shape index (κ3) is 7.37. The minimum atomic E-state index is 0. The van der Waals surface area contributed by atoms with Crippen molar-refractivity contribution in [2.24, 2.45) is 0 Å². The third-order valence-electron chi connectivity index (χ3n) is 2.91. The molecule has 0 aromatic heterocycles. The van der Waals surface area contributed by atoms with Crippen LogP contribution in [0.25, 0.3) is 0 Å². The Balaban J connectivity index is 0. The second-order valence-corrected chi connectivity index (χ2v) is 3.96. The van der Waals surface area contributed by atoms with Gasteiger partial charge in [0.25, 0.3) is 0 Å². The zero-order valence-corrected chi connectivity index (χ0v) is 16.3. The van der Waals surface area contributed by atoms with Gasteiger partial charge in [-0.2, -0.15) is 5.06 Å². The van der Waals surface area contributed by atoms with Crippen LogP contribution in [0.15, 0.2) is 12.1 Å². The number of phenolic OH excluding ortho intramolecular Hbond substituents is 2. The first-order valence-corrected chi connectivity index (χ1v) is 6.64. The minimum Gasteiger partial charge on any atom is -0.508 e. The molecule has 0 heterocycles. The molecule has 0 aliphatic heterocycles. The number of hydroxylamine groups is 2. The van der Waals surface area contributed by atoms with E-state index in [1.54, 1.807) is 0 Å². The molecule has 0 fully saturated rings. The van der Waals surface area contributed by atoms with Crippen LogP contribution < -0.4 is 0 Å². The van der Waals surface area contributed by atoms with Gasteiger partial charge in [-0.3, -0.25) is 0 Å². The standard InChI is InChI=1S/C10H14O2.C4H11NO2.K/c1-3-7-8(4-2)10(12)6-5-9(7)11;1-3-5(4-2)7-6;/h5-6,11-12H,3-4H2,1-2H3;6H,3-4H2,1-2H3;. The van der Waals surface area contributed by atoms with Gasteiger partial charge in [-0.15, -0.1) is 4.99 Å². The molecule has 1 aromatic rings. The largest absolute Gasteiger partial charge is 0.508 e. The third-order valence-corrected chi connectivity index (χ3v) is 2.91. The Kier molecular flexibility index (Phi) is 14.7. The van der Waals surface area contributed by atoms with Crippen LogP contribution in [0.1, 0.15) is 38.8 Å². The Morgan fingerprint density at radius 2 is 1.25 bits per heavy atom. The van der Waals surface area contributed by atoms with E-state index in [1.165, 1.54) is 17.2 Å². The first-order valence-electron chi connectivity index (χ1n) is 6.64. The SMILES string of the molecule is CCN(CC)OO.CCc1c(O)ccc(O)c1CC.[K]. The molecule has 0 atom stereocenters. The molecule has 3 N–H and O–H groups in total. The molecule has 0 unspecified atom stereocenters. The van der Waals surface area contributed by atoms with Crippen molar-refractivity contribution in [3.05, 3.63) is 23.3 Å². The number of benzene rings is 1. The van der Waals surface area contributed by atoms with Crippen molar-refractivity contribution in [1.29, 1.82) is 0 Å². The summed E-state index contributed by atoms with van der Waals surface area (Å²) in [7, 11) is 0. The Labute approximate surface area is 163 Å². The number of rotatable bonds is 5. The fourth-order valence-corrected chi connectivity index (χ4v) is 1.80. The van der Waals surface area contributed by atoms with Gasteiger partial charge in [-0.1, -0.05) is 13.8 Å². The van der Waals surface area contributed by atoms with E-state index < -0.39 is 0 Å². The fourth-order valence-electron chi connectivity index (χ4n) is 1.80. The van der Waals surface area contributed by atoms with Crippen LogP contribution >= 0.6 is 0 Å². The summed E-state index contributed by atoms with van der Waals surface area (Å²) in [4.78, 5) is 3.88. The van der Waals surface area contributed by atoms with E-state index in [0.717, 1.165) is 24.0 Å². The van der Waals surface area contributed by atoms with E-state index in [4.69, 9.17) is 5.26 Å². The van der Waals surface area contributed by atoms with Crippen molar-refractivity contribution < 1.29 is 20.5 Å². The van der Waals surface area contributed by atoms with Crippen LogP contribution in [-0.2, 0) is 17.8 Å². The molecule has 0 bridgehead atoms. The van der Waals surface area contributed by atoms with Crippen molar-refractivity contribution in [3.8, 4) is 11.5 Å². The zero-order chi connectivity index (χ0) is 14.8. The van der Waals surface area contributed by atoms with Crippen LogP contribution in [0.2, 0.25) is 0 Å². The average molecular weight is 310 g/mol. The van der Waals surface area contributed by atoms with E-state index >= 15 is 0 Å². The van der Waals surface area contributed by atoms with Gasteiger partial charge in [-0.05, 0) is 38.8 Å². The van der Waals surface area contributed by atoms with Gasteiger partial charge >= 0.3 is 0 Å². The summed E-state index contributed by atoms with van der Waals surface area (Å²) in [6.45, 7) is 9.17. The monoisotopic (exact) mass is 310 g/mol. The first kappa shape index (κ1) is 22.6. The summed E-state index contributed by atoms with van der Waals surface area (Å²) >= 11 is 0. The number of aromatic hydroxyl groups is 2. The molecule has 1 rings (SSSR count). The summed E-state index contributed by atoms with van der Waals surface area (Å²) in [5.41, 5.74) is 1.72. The minimum absolute atomic E-state index is 0. The topological polar surface area (TPSA) is 73.2 Å². The zero-order valence-electron chi connectivity index (χ0n) is 13.2. The van der Waals surface area contributed by atoms with E-state index in [2.05, 4.69) is 4.99 Å². The maximum absolute atomic E-state index is 9.44. The van der Waals surface area contributed by atoms with Crippen molar-refractivity contribution in [1.82, 2.24) is 5.06 Å². The summed E-state index contributed by atoms with van der Waals surface area (Å²) in [5, 5.41) is 28.3. The number of nitrogens with zero attached hydrogens (tertiary/aromatic N) is 1. The number of phenols is 2. The molecule has 1 aromatic carbocycles.